The zero-order valence-electron chi connectivity index (χ0n) is 10.5. The third-order valence-electron chi connectivity index (χ3n) is 2.97. The molecular weight excluding hydrogens is 244 g/mol. The Kier molecular flexibility index (Phi) is 4.33. The minimum Gasteiger partial charge on any atom is -0.352 e. The fourth-order valence-corrected chi connectivity index (χ4v) is 2.80. The van der Waals surface area contributed by atoms with Gasteiger partial charge >= 0.3 is 0 Å². The maximum atomic E-state index is 11.7. The van der Waals surface area contributed by atoms with Crippen LogP contribution in [0.4, 0.5) is 0 Å². The summed E-state index contributed by atoms with van der Waals surface area (Å²) in [6, 6.07) is 8.25. The molecular formula is C14H18N2OS. The van der Waals surface area contributed by atoms with Crippen molar-refractivity contribution in [3.63, 3.8) is 0 Å². The Morgan fingerprint density at radius 2 is 2.22 bits per heavy atom. The first kappa shape index (κ1) is 13.1. The first-order valence-corrected chi connectivity index (χ1v) is 7.00. The molecule has 3 nitrogen and oxygen atoms in total. The fraction of sp³-hybridized carbons (Fsp3) is 0.357. The summed E-state index contributed by atoms with van der Waals surface area (Å²) in [6.45, 7) is 3.13. The summed E-state index contributed by atoms with van der Waals surface area (Å²) >= 11 is 1.71. The van der Waals surface area contributed by atoms with Crippen molar-refractivity contribution in [2.75, 3.05) is 6.54 Å². The van der Waals surface area contributed by atoms with Crippen LogP contribution >= 0.6 is 11.3 Å². The van der Waals surface area contributed by atoms with E-state index in [1.807, 2.05) is 19.1 Å². The third-order valence-corrected chi connectivity index (χ3v) is 3.99. The third kappa shape index (κ3) is 3.09. The van der Waals surface area contributed by atoms with E-state index in [1.165, 1.54) is 15.6 Å². The summed E-state index contributed by atoms with van der Waals surface area (Å²) in [4.78, 5) is 11.7. The Labute approximate surface area is 111 Å². The molecule has 1 heterocycles. The van der Waals surface area contributed by atoms with Crippen LogP contribution in [0, 0.1) is 5.92 Å². The predicted molar refractivity (Wildman–Crippen MR) is 76.5 cm³/mol. The zero-order valence-corrected chi connectivity index (χ0v) is 11.3. The molecule has 2 rings (SSSR count). The first-order valence-electron chi connectivity index (χ1n) is 6.12. The van der Waals surface area contributed by atoms with Crippen LogP contribution in [0.15, 0.2) is 29.6 Å². The number of nitrogens with two attached hydrogens (primary N) is 1. The molecule has 1 aromatic carbocycles. The van der Waals surface area contributed by atoms with Crippen molar-refractivity contribution in [2.24, 2.45) is 11.7 Å². The van der Waals surface area contributed by atoms with Gasteiger partial charge in [-0.15, -0.1) is 11.3 Å². The Hall–Kier alpha value is -1.39. The highest BCUT2D eigenvalue weighted by Gasteiger charge is 2.08. The smallest absolute Gasteiger partial charge is 0.220 e. The number of rotatable bonds is 5. The van der Waals surface area contributed by atoms with Gasteiger partial charge in [-0.1, -0.05) is 25.1 Å². The van der Waals surface area contributed by atoms with E-state index in [4.69, 9.17) is 5.73 Å². The molecule has 0 fully saturated rings. The van der Waals surface area contributed by atoms with Crippen LogP contribution < -0.4 is 11.1 Å². The van der Waals surface area contributed by atoms with Gasteiger partial charge in [0.25, 0.3) is 0 Å². The Morgan fingerprint density at radius 1 is 1.44 bits per heavy atom. The molecule has 0 bridgehead atoms. The maximum absolute atomic E-state index is 11.7. The van der Waals surface area contributed by atoms with E-state index in [0.29, 0.717) is 19.5 Å². The molecule has 0 aliphatic rings. The number of carbonyl (C=O) groups is 1. The molecule has 0 radical (unpaired) electrons. The van der Waals surface area contributed by atoms with E-state index < -0.39 is 0 Å². The molecule has 3 N–H and O–H groups in total. The molecule has 0 saturated heterocycles. The molecule has 0 spiro atoms. The Morgan fingerprint density at radius 3 is 3.00 bits per heavy atom. The molecule has 0 aliphatic heterocycles. The number of benzene rings is 1. The van der Waals surface area contributed by atoms with Crippen molar-refractivity contribution >= 4 is 27.3 Å². The van der Waals surface area contributed by atoms with Crippen molar-refractivity contribution in [3.8, 4) is 0 Å². The Bertz CT molecular complexity index is 535. The van der Waals surface area contributed by atoms with E-state index in [1.54, 1.807) is 11.3 Å². The number of thiophene rings is 1. The number of nitrogens with one attached hydrogen (secondary N) is 1. The molecule has 0 aliphatic carbocycles. The van der Waals surface area contributed by atoms with Crippen molar-refractivity contribution in [1.29, 1.82) is 0 Å². The van der Waals surface area contributed by atoms with Crippen LogP contribution in [0.3, 0.4) is 0 Å². The average molecular weight is 262 g/mol. The maximum Gasteiger partial charge on any atom is 0.220 e. The second-order valence-electron chi connectivity index (χ2n) is 4.58. The lowest BCUT2D eigenvalue weighted by Crippen LogP contribution is -2.26. The number of hydrogen-bond acceptors (Lipinski definition) is 3. The molecule has 1 aromatic heterocycles. The molecule has 4 heteroatoms. The second-order valence-corrected chi connectivity index (χ2v) is 5.49. The van der Waals surface area contributed by atoms with Gasteiger partial charge in [-0.2, -0.15) is 0 Å². The lowest BCUT2D eigenvalue weighted by atomic mass is 10.1. The predicted octanol–water partition coefficient (Wildman–Crippen LogP) is 2.50. The van der Waals surface area contributed by atoms with Gasteiger partial charge in [-0.05, 0) is 34.9 Å². The van der Waals surface area contributed by atoms with Crippen LogP contribution in [-0.2, 0) is 11.3 Å². The summed E-state index contributed by atoms with van der Waals surface area (Å²) < 4.78 is 1.26. The molecule has 18 heavy (non-hydrogen) atoms. The van der Waals surface area contributed by atoms with Crippen LogP contribution in [0.1, 0.15) is 18.9 Å². The topological polar surface area (TPSA) is 55.1 Å². The van der Waals surface area contributed by atoms with Gasteiger partial charge in [0.1, 0.15) is 0 Å². The number of amides is 1. The summed E-state index contributed by atoms with van der Waals surface area (Å²) in [7, 11) is 0. The van der Waals surface area contributed by atoms with E-state index in [9.17, 15) is 4.79 Å². The molecule has 2 aromatic rings. The highest BCUT2D eigenvalue weighted by Crippen LogP contribution is 2.25. The zero-order chi connectivity index (χ0) is 13.0. The van der Waals surface area contributed by atoms with E-state index in [0.717, 1.165) is 0 Å². The van der Waals surface area contributed by atoms with Crippen LogP contribution in [0.5, 0.6) is 0 Å². The normalized spacial score (nSPS) is 12.6. The molecule has 1 atom stereocenters. The standard InChI is InChI=1S/C14H18N2OS/c1-10(7-15)6-14(17)16-8-11-9-18-13-5-3-2-4-12(11)13/h2-5,9-10H,6-8,15H2,1H3,(H,16,17). The highest BCUT2D eigenvalue weighted by atomic mass is 32.1. The molecule has 96 valence electrons. The van der Waals surface area contributed by atoms with E-state index in [-0.39, 0.29) is 11.8 Å². The lowest BCUT2D eigenvalue weighted by Gasteiger charge is -2.08. The summed E-state index contributed by atoms with van der Waals surface area (Å²) in [5.74, 6) is 0.312. The van der Waals surface area contributed by atoms with Gasteiger partial charge in [-0.3, -0.25) is 4.79 Å². The number of hydrogen-bond donors (Lipinski definition) is 2. The SMILES string of the molecule is CC(CN)CC(=O)NCc1csc2ccccc12. The van der Waals surface area contributed by atoms with Crippen molar-refractivity contribution < 1.29 is 4.79 Å². The highest BCUT2D eigenvalue weighted by molar-refractivity contribution is 7.17. The van der Waals surface area contributed by atoms with E-state index >= 15 is 0 Å². The summed E-state index contributed by atoms with van der Waals surface area (Å²) in [5, 5.41) is 6.29. The fourth-order valence-electron chi connectivity index (χ4n) is 1.84. The molecule has 0 saturated carbocycles. The lowest BCUT2D eigenvalue weighted by molar-refractivity contribution is -0.122. The van der Waals surface area contributed by atoms with Crippen molar-refractivity contribution in [2.45, 2.75) is 19.9 Å². The summed E-state index contributed by atoms with van der Waals surface area (Å²) in [5.41, 5.74) is 6.69. The van der Waals surface area contributed by atoms with Gasteiger partial charge in [0.2, 0.25) is 5.91 Å². The van der Waals surface area contributed by atoms with Gasteiger partial charge in [0, 0.05) is 17.7 Å². The van der Waals surface area contributed by atoms with Crippen LogP contribution in [-0.4, -0.2) is 12.5 Å². The minimum absolute atomic E-state index is 0.0724. The molecule has 1 unspecified atom stereocenters. The van der Waals surface area contributed by atoms with Gasteiger partial charge in [-0.25, -0.2) is 0 Å². The Balaban J connectivity index is 1.96. The van der Waals surface area contributed by atoms with Crippen LogP contribution in [0.25, 0.3) is 10.1 Å². The van der Waals surface area contributed by atoms with Gasteiger partial charge in [0.15, 0.2) is 0 Å². The largest absolute Gasteiger partial charge is 0.352 e. The van der Waals surface area contributed by atoms with E-state index in [2.05, 4.69) is 22.8 Å². The number of fused-ring (bicyclic) bond motifs is 1. The monoisotopic (exact) mass is 262 g/mol. The summed E-state index contributed by atoms with van der Waals surface area (Å²) in [6.07, 6.45) is 0.499. The van der Waals surface area contributed by atoms with Gasteiger partial charge < -0.3 is 11.1 Å². The van der Waals surface area contributed by atoms with Gasteiger partial charge in [0.05, 0.1) is 0 Å². The van der Waals surface area contributed by atoms with Crippen molar-refractivity contribution in [1.82, 2.24) is 5.32 Å². The quantitative estimate of drug-likeness (QED) is 0.870. The average Bonchev–Trinajstić information content (AvgIpc) is 2.79. The van der Waals surface area contributed by atoms with Crippen LogP contribution in [0.2, 0.25) is 0 Å². The minimum atomic E-state index is 0.0724. The van der Waals surface area contributed by atoms with Crippen molar-refractivity contribution in [3.05, 3.63) is 35.2 Å². The number of carbonyl (C=O) groups excluding carboxylic acids is 1. The first-order chi connectivity index (χ1) is 8.70. The second kappa shape index (κ2) is 5.98. The molecule has 1 amide bonds.